The Kier molecular flexibility index (Phi) is 4.42. The molecule has 0 fully saturated rings. The Hall–Kier alpha value is -1.84. The first-order chi connectivity index (χ1) is 9.46. The van der Waals surface area contributed by atoms with Crippen molar-refractivity contribution in [2.75, 3.05) is 0 Å². The average Bonchev–Trinajstić information content (AvgIpc) is 2.56. The quantitative estimate of drug-likeness (QED) is 0.483. The van der Waals surface area contributed by atoms with Crippen molar-refractivity contribution < 1.29 is 9.63 Å². The van der Waals surface area contributed by atoms with E-state index in [0.717, 1.165) is 37.0 Å². The number of fused-ring (bicyclic) bond motifs is 1. The van der Waals surface area contributed by atoms with E-state index < -0.39 is 6.09 Å². The monoisotopic (exact) mass is 274 g/mol. The van der Waals surface area contributed by atoms with Gasteiger partial charge >= 0.3 is 6.09 Å². The van der Waals surface area contributed by atoms with Crippen molar-refractivity contribution in [2.45, 2.75) is 52.0 Å². The van der Waals surface area contributed by atoms with Gasteiger partial charge in [-0.05, 0) is 52.0 Å². The molecular formula is C16H22N2O2. The Morgan fingerprint density at radius 1 is 1.20 bits per heavy atom. The first kappa shape index (κ1) is 14.6. The van der Waals surface area contributed by atoms with Gasteiger partial charge in [0.15, 0.2) is 0 Å². The van der Waals surface area contributed by atoms with Crippen molar-refractivity contribution in [3.05, 3.63) is 35.4 Å². The summed E-state index contributed by atoms with van der Waals surface area (Å²) in [5, 5.41) is 6.80. The Labute approximate surface area is 120 Å². The van der Waals surface area contributed by atoms with Gasteiger partial charge in [0.05, 0.1) is 5.71 Å². The summed E-state index contributed by atoms with van der Waals surface area (Å²) in [4.78, 5) is 16.7. The maximum absolute atomic E-state index is 11.7. The number of aryl methyl sites for hydroxylation is 1. The van der Waals surface area contributed by atoms with Crippen LogP contribution in [0.5, 0.6) is 0 Å². The highest BCUT2D eigenvalue weighted by Gasteiger charge is 2.17. The fraction of sp³-hybridized carbons (Fsp3) is 0.500. The number of nitrogens with one attached hydrogen (secondary N) is 1. The maximum Gasteiger partial charge on any atom is 0.433 e. The predicted octanol–water partition coefficient (Wildman–Crippen LogP) is 3.64. The number of carbonyl (C=O) groups excluding carboxylic acids is 1. The van der Waals surface area contributed by atoms with E-state index in [2.05, 4.69) is 16.5 Å². The topological polar surface area (TPSA) is 50.7 Å². The van der Waals surface area contributed by atoms with Crippen LogP contribution in [0.15, 0.2) is 29.4 Å². The maximum atomic E-state index is 11.7. The summed E-state index contributed by atoms with van der Waals surface area (Å²) in [6.45, 7) is 5.72. The highest BCUT2D eigenvalue weighted by Crippen LogP contribution is 2.21. The molecule has 0 unspecified atom stereocenters. The van der Waals surface area contributed by atoms with Crippen LogP contribution in [0, 0.1) is 0 Å². The number of rotatable bonds is 1. The summed E-state index contributed by atoms with van der Waals surface area (Å²) < 4.78 is 0. The van der Waals surface area contributed by atoms with Gasteiger partial charge in [0.1, 0.15) is 0 Å². The average molecular weight is 274 g/mol. The van der Waals surface area contributed by atoms with Crippen molar-refractivity contribution in [1.29, 1.82) is 0 Å². The van der Waals surface area contributed by atoms with Crippen LogP contribution in [0.4, 0.5) is 4.79 Å². The van der Waals surface area contributed by atoms with Gasteiger partial charge in [0.2, 0.25) is 0 Å². The van der Waals surface area contributed by atoms with Crippen LogP contribution in [-0.2, 0) is 11.3 Å². The number of hydrogen-bond donors (Lipinski definition) is 1. The second-order valence-electron chi connectivity index (χ2n) is 6.16. The number of hydrogen-bond acceptors (Lipinski definition) is 3. The second kappa shape index (κ2) is 6.07. The molecule has 0 aliphatic heterocycles. The van der Waals surface area contributed by atoms with Crippen molar-refractivity contribution in [3.63, 3.8) is 0 Å². The van der Waals surface area contributed by atoms with Crippen molar-refractivity contribution >= 4 is 11.8 Å². The Morgan fingerprint density at radius 2 is 1.90 bits per heavy atom. The Bertz CT molecular complexity index is 515. The zero-order valence-electron chi connectivity index (χ0n) is 12.4. The molecule has 2 rings (SSSR count). The van der Waals surface area contributed by atoms with Gasteiger partial charge in [-0.3, -0.25) is 4.84 Å². The van der Waals surface area contributed by atoms with Crippen molar-refractivity contribution in [1.82, 2.24) is 5.32 Å². The molecular weight excluding hydrogens is 252 g/mol. The van der Waals surface area contributed by atoms with Crippen molar-refractivity contribution in [3.8, 4) is 0 Å². The van der Waals surface area contributed by atoms with Gasteiger partial charge in [-0.1, -0.05) is 29.4 Å². The first-order valence-electron chi connectivity index (χ1n) is 7.10. The molecule has 1 N–H and O–H groups in total. The summed E-state index contributed by atoms with van der Waals surface area (Å²) in [5.74, 6) is 0. The van der Waals surface area contributed by atoms with Crippen LogP contribution >= 0.6 is 0 Å². The zero-order chi connectivity index (χ0) is 14.6. The zero-order valence-corrected chi connectivity index (χ0v) is 12.4. The van der Waals surface area contributed by atoms with Crippen LogP contribution in [0.2, 0.25) is 0 Å². The van der Waals surface area contributed by atoms with Crippen LogP contribution in [0.25, 0.3) is 0 Å². The smallest absolute Gasteiger partial charge is 0.315 e. The first-order valence-corrected chi connectivity index (χ1v) is 7.10. The number of amides is 1. The van der Waals surface area contributed by atoms with E-state index in [9.17, 15) is 4.79 Å². The summed E-state index contributed by atoms with van der Waals surface area (Å²) in [5.41, 5.74) is 2.93. The Balaban J connectivity index is 2.12. The molecule has 0 aromatic heterocycles. The molecule has 0 spiro atoms. The van der Waals surface area contributed by atoms with E-state index in [1.807, 2.05) is 39.0 Å². The van der Waals surface area contributed by atoms with E-state index in [1.165, 1.54) is 5.56 Å². The normalized spacial score (nSPS) is 17.2. The number of benzene rings is 1. The molecule has 1 aromatic carbocycles. The predicted molar refractivity (Wildman–Crippen MR) is 79.9 cm³/mol. The number of carbonyl (C=O) groups is 1. The van der Waals surface area contributed by atoms with Crippen LogP contribution in [-0.4, -0.2) is 17.3 Å². The minimum Gasteiger partial charge on any atom is -0.315 e. The van der Waals surface area contributed by atoms with Crippen LogP contribution in [0.1, 0.15) is 51.2 Å². The molecule has 0 saturated carbocycles. The lowest BCUT2D eigenvalue weighted by atomic mass is 10.0. The van der Waals surface area contributed by atoms with Gasteiger partial charge in [-0.25, -0.2) is 4.79 Å². The van der Waals surface area contributed by atoms with Crippen LogP contribution < -0.4 is 5.32 Å². The lowest BCUT2D eigenvalue weighted by Gasteiger charge is -2.18. The van der Waals surface area contributed by atoms with E-state index in [4.69, 9.17) is 4.84 Å². The third kappa shape index (κ3) is 4.08. The third-order valence-electron chi connectivity index (χ3n) is 3.15. The molecule has 1 aliphatic carbocycles. The Morgan fingerprint density at radius 3 is 2.65 bits per heavy atom. The SMILES string of the molecule is CC(C)(C)NC(=O)O/N=C1/CCCCc2ccccc21. The highest BCUT2D eigenvalue weighted by molar-refractivity contribution is 6.02. The molecule has 1 aromatic rings. The largest absolute Gasteiger partial charge is 0.433 e. The van der Waals surface area contributed by atoms with Crippen molar-refractivity contribution in [2.24, 2.45) is 5.16 Å². The third-order valence-corrected chi connectivity index (χ3v) is 3.15. The van der Waals surface area contributed by atoms with Gasteiger partial charge in [0, 0.05) is 11.1 Å². The summed E-state index contributed by atoms with van der Waals surface area (Å²) in [6, 6.07) is 8.19. The van der Waals surface area contributed by atoms with Crippen LogP contribution in [0.3, 0.4) is 0 Å². The molecule has 4 heteroatoms. The fourth-order valence-electron chi connectivity index (χ4n) is 2.28. The molecule has 0 radical (unpaired) electrons. The molecule has 0 bridgehead atoms. The molecule has 4 nitrogen and oxygen atoms in total. The van der Waals surface area contributed by atoms with Gasteiger partial charge in [-0.15, -0.1) is 0 Å². The van der Waals surface area contributed by atoms with E-state index in [1.54, 1.807) is 0 Å². The number of nitrogens with zero attached hydrogens (tertiary/aromatic N) is 1. The summed E-state index contributed by atoms with van der Waals surface area (Å²) >= 11 is 0. The molecule has 0 atom stereocenters. The summed E-state index contributed by atoms with van der Waals surface area (Å²) in [6.07, 6.45) is 3.61. The summed E-state index contributed by atoms with van der Waals surface area (Å²) in [7, 11) is 0. The number of oxime groups is 1. The highest BCUT2D eigenvalue weighted by atomic mass is 16.7. The minimum atomic E-state index is -0.508. The molecule has 20 heavy (non-hydrogen) atoms. The molecule has 0 heterocycles. The molecule has 108 valence electrons. The van der Waals surface area contributed by atoms with Gasteiger partial charge < -0.3 is 5.32 Å². The standard InChI is InChI=1S/C16H22N2O2/c1-16(2,3)17-15(19)20-18-14-11-7-5-9-12-8-4-6-10-13(12)14/h4,6,8,10H,5,7,9,11H2,1-3H3,(H,17,19)/b18-14-. The van der Waals surface area contributed by atoms with E-state index >= 15 is 0 Å². The fourth-order valence-corrected chi connectivity index (χ4v) is 2.28. The molecule has 1 aliphatic rings. The minimum absolute atomic E-state index is 0.321. The lowest BCUT2D eigenvalue weighted by Crippen LogP contribution is -2.40. The van der Waals surface area contributed by atoms with E-state index in [0.29, 0.717) is 0 Å². The van der Waals surface area contributed by atoms with Gasteiger partial charge in [-0.2, -0.15) is 0 Å². The molecule has 0 saturated heterocycles. The second-order valence-corrected chi connectivity index (χ2v) is 6.16. The van der Waals surface area contributed by atoms with E-state index in [-0.39, 0.29) is 5.54 Å². The van der Waals surface area contributed by atoms with Gasteiger partial charge in [0.25, 0.3) is 0 Å². The molecule has 1 amide bonds. The lowest BCUT2D eigenvalue weighted by molar-refractivity contribution is 0.141.